The van der Waals surface area contributed by atoms with Crippen molar-refractivity contribution in [3.63, 3.8) is 0 Å². The molecule has 2 aromatic heterocycles. The molecule has 0 saturated heterocycles. The molecular formula is C30H23NO2. The highest BCUT2D eigenvalue weighted by Gasteiger charge is 2.19. The van der Waals surface area contributed by atoms with Gasteiger partial charge in [-0.15, -0.1) is 0 Å². The van der Waals surface area contributed by atoms with Crippen LogP contribution in [0.4, 0.5) is 0 Å². The average Bonchev–Trinajstić information content (AvgIpc) is 3.28. The molecule has 0 bridgehead atoms. The molecule has 33 heavy (non-hydrogen) atoms. The van der Waals surface area contributed by atoms with Gasteiger partial charge in [0.25, 0.3) is 0 Å². The minimum Gasteiger partial charge on any atom is -0.497 e. The normalized spacial score (nSPS) is 11.3. The van der Waals surface area contributed by atoms with Crippen LogP contribution in [0.5, 0.6) is 11.5 Å². The molecule has 0 fully saturated rings. The number of nitrogens with zero attached hydrogens (tertiary/aromatic N) is 1. The Hall–Kier alpha value is -4.24. The van der Waals surface area contributed by atoms with Crippen molar-refractivity contribution in [1.29, 1.82) is 0 Å². The summed E-state index contributed by atoms with van der Waals surface area (Å²) in [5.74, 6) is 1.70. The zero-order valence-corrected chi connectivity index (χ0v) is 18.6. The lowest BCUT2D eigenvalue weighted by molar-refractivity contribution is 0.414. The van der Waals surface area contributed by atoms with Crippen LogP contribution in [-0.4, -0.2) is 18.6 Å². The Morgan fingerprint density at radius 1 is 0.545 bits per heavy atom. The summed E-state index contributed by atoms with van der Waals surface area (Å²) in [7, 11) is 3.40. The highest BCUT2D eigenvalue weighted by Crippen LogP contribution is 2.43. The second-order valence-electron chi connectivity index (χ2n) is 8.15. The van der Waals surface area contributed by atoms with E-state index in [1.807, 2.05) is 24.3 Å². The lowest BCUT2D eigenvalue weighted by atomic mass is 9.93. The summed E-state index contributed by atoms with van der Waals surface area (Å²) in [5, 5.41) is 3.69. The first-order valence-electron chi connectivity index (χ1n) is 11.0. The van der Waals surface area contributed by atoms with E-state index in [-0.39, 0.29) is 0 Å². The monoisotopic (exact) mass is 429 g/mol. The summed E-state index contributed by atoms with van der Waals surface area (Å²) >= 11 is 0. The molecule has 4 aromatic carbocycles. The van der Waals surface area contributed by atoms with Crippen LogP contribution in [-0.2, 0) is 0 Å². The second kappa shape index (κ2) is 7.72. The third kappa shape index (κ3) is 3.05. The van der Waals surface area contributed by atoms with Gasteiger partial charge >= 0.3 is 0 Å². The van der Waals surface area contributed by atoms with Gasteiger partial charge in [0.1, 0.15) is 11.5 Å². The minimum absolute atomic E-state index is 0.846. The molecule has 0 N–H and O–H groups in total. The van der Waals surface area contributed by atoms with E-state index < -0.39 is 0 Å². The molecule has 0 amide bonds. The predicted octanol–water partition coefficient (Wildman–Crippen LogP) is 7.60. The van der Waals surface area contributed by atoms with E-state index in [9.17, 15) is 0 Å². The quantitative estimate of drug-likeness (QED) is 0.288. The Bertz CT molecular complexity index is 1610. The molecule has 0 radical (unpaired) electrons. The van der Waals surface area contributed by atoms with Crippen LogP contribution in [0.15, 0.2) is 103 Å². The van der Waals surface area contributed by atoms with Crippen LogP contribution in [0.1, 0.15) is 0 Å². The van der Waals surface area contributed by atoms with Crippen LogP contribution in [0.25, 0.3) is 49.6 Å². The van der Waals surface area contributed by atoms with Gasteiger partial charge in [0.2, 0.25) is 0 Å². The summed E-state index contributed by atoms with van der Waals surface area (Å²) in [4.78, 5) is 0. The van der Waals surface area contributed by atoms with Crippen LogP contribution in [0.2, 0.25) is 0 Å². The van der Waals surface area contributed by atoms with E-state index in [1.54, 1.807) is 14.2 Å². The number of rotatable bonds is 4. The number of aromatic nitrogens is 1. The number of benzene rings is 4. The molecule has 6 rings (SSSR count). The number of hydrogen-bond acceptors (Lipinski definition) is 2. The van der Waals surface area contributed by atoms with Crippen molar-refractivity contribution >= 4 is 27.2 Å². The first-order chi connectivity index (χ1) is 16.3. The maximum Gasteiger partial charge on any atom is 0.118 e. The van der Waals surface area contributed by atoms with E-state index in [1.165, 1.54) is 32.8 Å². The van der Waals surface area contributed by atoms with E-state index >= 15 is 0 Å². The number of pyridine rings is 1. The van der Waals surface area contributed by atoms with Gasteiger partial charge in [-0.2, -0.15) is 0 Å². The summed E-state index contributed by atoms with van der Waals surface area (Å²) in [5.41, 5.74) is 7.05. The Balaban J connectivity index is 1.83. The lowest BCUT2D eigenvalue weighted by Crippen LogP contribution is -1.98. The molecule has 6 aromatic rings. The summed E-state index contributed by atoms with van der Waals surface area (Å²) in [6, 6.07) is 36.2. The standard InChI is InChI=1S/C30H23NO2/c1-32-23-15-11-20(12-16-23)29-26-9-5-4-8-25(26)28-19-22-7-3-6-10-27(22)31(28)30(29)21-13-17-24(33-2)18-14-21/h3-19H,1-2H3. The minimum atomic E-state index is 0.846. The predicted molar refractivity (Wildman–Crippen MR) is 136 cm³/mol. The van der Waals surface area contributed by atoms with Crippen molar-refractivity contribution in [1.82, 2.24) is 4.40 Å². The fourth-order valence-electron chi connectivity index (χ4n) is 4.83. The van der Waals surface area contributed by atoms with E-state index in [4.69, 9.17) is 9.47 Å². The zero-order valence-electron chi connectivity index (χ0n) is 18.6. The molecule has 0 saturated carbocycles. The van der Waals surface area contributed by atoms with E-state index in [2.05, 4.69) is 83.3 Å². The van der Waals surface area contributed by atoms with E-state index in [0.29, 0.717) is 0 Å². The largest absolute Gasteiger partial charge is 0.497 e. The maximum absolute atomic E-state index is 5.44. The fraction of sp³-hybridized carbons (Fsp3) is 0.0667. The number of methoxy groups -OCH3 is 2. The van der Waals surface area contributed by atoms with Crippen LogP contribution in [0, 0.1) is 0 Å². The summed E-state index contributed by atoms with van der Waals surface area (Å²) < 4.78 is 13.3. The summed E-state index contributed by atoms with van der Waals surface area (Å²) in [6.45, 7) is 0. The molecule has 160 valence electrons. The Labute approximate surface area is 192 Å². The molecule has 2 heterocycles. The lowest BCUT2D eigenvalue weighted by Gasteiger charge is -2.19. The van der Waals surface area contributed by atoms with Gasteiger partial charge in [-0.1, -0.05) is 54.6 Å². The van der Waals surface area contributed by atoms with Gasteiger partial charge in [0.15, 0.2) is 0 Å². The molecule has 0 aliphatic heterocycles. The molecular weight excluding hydrogens is 406 g/mol. The third-order valence-corrected chi connectivity index (χ3v) is 6.39. The number of fused-ring (bicyclic) bond motifs is 5. The van der Waals surface area contributed by atoms with Gasteiger partial charge in [-0.25, -0.2) is 0 Å². The highest BCUT2D eigenvalue weighted by atomic mass is 16.5. The second-order valence-corrected chi connectivity index (χ2v) is 8.15. The van der Waals surface area contributed by atoms with Gasteiger partial charge in [-0.3, -0.25) is 0 Å². The highest BCUT2D eigenvalue weighted by molar-refractivity contribution is 6.12. The van der Waals surface area contributed by atoms with Crippen LogP contribution >= 0.6 is 0 Å². The van der Waals surface area contributed by atoms with Gasteiger partial charge < -0.3 is 13.9 Å². The van der Waals surface area contributed by atoms with E-state index in [0.717, 1.165) is 28.3 Å². The van der Waals surface area contributed by atoms with Crippen molar-refractivity contribution in [2.75, 3.05) is 14.2 Å². The topological polar surface area (TPSA) is 22.9 Å². The van der Waals surface area contributed by atoms with Crippen molar-refractivity contribution in [2.45, 2.75) is 0 Å². The van der Waals surface area contributed by atoms with Crippen molar-refractivity contribution in [3.8, 4) is 33.9 Å². The Morgan fingerprint density at radius 2 is 1.12 bits per heavy atom. The fourth-order valence-corrected chi connectivity index (χ4v) is 4.83. The van der Waals surface area contributed by atoms with Crippen molar-refractivity contribution < 1.29 is 9.47 Å². The summed E-state index contributed by atoms with van der Waals surface area (Å²) in [6.07, 6.45) is 0. The molecule has 0 spiro atoms. The number of hydrogen-bond donors (Lipinski definition) is 0. The molecule has 0 aliphatic rings. The number of ether oxygens (including phenoxy) is 2. The third-order valence-electron chi connectivity index (χ3n) is 6.39. The molecule has 3 heteroatoms. The van der Waals surface area contributed by atoms with Crippen molar-refractivity contribution in [2.24, 2.45) is 0 Å². The molecule has 3 nitrogen and oxygen atoms in total. The van der Waals surface area contributed by atoms with Gasteiger partial charge in [0, 0.05) is 16.3 Å². The zero-order chi connectivity index (χ0) is 22.4. The maximum atomic E-state index is 5.44. The Kier molecular flexibility index (Phi) is 4.55. The average molecular weight is 430 g/mol. The first kappa shape index (κ1) is 19.4. The smallest absolute Gasteiger partial charge is 0.118 e. The molecule has 0 atom stereocenters. The van der Waals surface area contributed by atoms with Gasteiger partial charge in [0.05, 0.1) is 30.9 Å². The van der Waals surface area contributed by atoms with Crippen molar-refractivity contribution in [3.05, 3.63) is 103 Å². The Morgan fingerprint density at radius 3 is 1.79 bits per heavy atom. The SMILES string of the molecule is COc1ccc(-c2c(-c3ccc(OC)cc3)n3c4ccccc4cc3c3ccccc23)cc1. The van der Waals surface area contributed by atoms with Crippen LogP contribution in [0.3, 0.4) is 0 Å². The molecule has 0 unspecified atom stereocenters. The van der Waals surface area contributed by atoms with Crippen LogP contribution < -0.4 is 9.47 Å². The van der Waals surface area contributed by atoms with Gasteiger partial charge in [-0.05, 0) is 65.0 Å². The molecule has 0 aliphatic carbocycles. The number of para-hydroxylation sites is 1. The first-order valence-corrected chi connectivity index (χ1v) is 11.0.